The van der Waals surface area contributed by atoms with Crippen LogP contribution in [0.15, 0.2) is 158 Å². The first kappa shape index (κ1) is 33.7. The van der Waals surface area contributed by atoms with Gasteiger partial charge in [-0.05, 0) is 118 Å². The molecule has 0 saturated carbocycles. The first-order chi connectivity index (χ1) is 26.4. The topological polar surface area (TPSA) is 34.1 Å². The minimum atomic E-state index is -0.483. The average Bonchev–Trinajstić information content (AvgIpc) is 3.66. The Morgan fingerprint density at radius 3 is 1.35 bits per heavy atom. The van der Waals surface area contributed by atoms with E-state index in [9.17, 15) is 9.59 Å². The molecule has 2 heteroatoms. The number of rotatable bonds is 10. The van der Waals surface area contributed by atoms with E-state index in [2.05, 4.69) is 147 Å². The number of aryl methyl sites for hydroxylation is 4. The fraction of sp³-hybridized carbons (Fsp3) is 0.154. The third-order valence-electron chi connectivity index (χ3n) is 12.3. The Balaban J connectivity index is 1.29. The molecule has 0 aromatic heterocycles. The van der Waals surface area contributed by atoms with E-state index in [-0.39, 0.29) is 5.41 Å². The summed E-state index contributed by atoms with van der Waals surface area (Å²) < 4.78 is 0. The monoisotopic (exact) mass is 698 g/mol. The maximum Gasteiger partial charge on any atom is 0.150 e. The van der Waals surface area contributed by atoms with Gasteiger partial charge in [0.05, 0.1) is 5.41 Å². The average molecular weight is 699 g/mol. The molecular formula is C52H42O2. The highest BCUT2D eigenvalue weighted by Crippen LogP contribution is 2.61. The van der Waals surface area contributed by atoms with Gasteiger partial charge in [0.25, 0.3) is 0 Å². The molecule has 0 saturated heterocycles. The Labute approximate surface area is 318 Å². The molecule has 0 aliphatic heterocycles. The lowest BCUT2D eigenvalue weighted by Gasteiger charge is -2.35. The van der Waals surface area contributed by atoms with Crippen LogP contribution in [-0.2, 0) is 23.7 Å². The van der Waals surface area contributed by atoms with E-state index in [0.29, 0.717) is 11.1 Å². The Kier molecular flexibility index (Phi) is 8.35. The highest BCUT2D eigenvalue weighted by atomic mass is 16.1. The van der Waals surface area contributed by atoms with Crippen LogP contribution in [0.3, 0.4) is 0 Å². The maximum absolute atomic E-state index is 11.5. The van der Waals surface area contributed by atoms with E-state index in [1.807, 2.05) is 24.3 Å². The van der Waals surface area contributed by atoms with Gasteiger partial charge in [-0.2, -0.15) is 0 Å². The molecule has 0 amide bonds. The molecular weight excluding hydrogens is 657 g/mol. The molecule has 262 valence electrons. The molecule has 0 spiro atoms. The van der Waals surface area contributed by atoms with E-state index in [0.717, 1.165) is 38.3 Å². The van der Waals surface area contributed by atoms with Gasteiger partial charge in [-0.3, -0.25) is 9.59 Å². The van der Waals surface area contributed by atoms with Crippen molar-refractivity contribution >= 4 is 12.6 Å². The van der Waals surface area contributed by atoms with E-state index < -0.39 is 5.41 Å². The number of benzene rings is 7. The summed E-state index contributed by atoms with van der Waals surface area (Å²) >= 11 is 0. The first-order valence-corrected chi connectivity index (χ1v) is 19.1. The van der Waals surface area contributed by atoms with Crippen molar-refractivity contribution in [3.63, 3.8) is 0 Å². The van der Waals surface area contributed by atoms with Crippen LogP contribution < -0.4 is 0 Å². The summed E-state index contributed by atoms with van der Waals surface area (Å²) in [7, 11) is 0. The van der Waals surface area contributed by atoms with Crippen molar-refractivity contribution in [2.45, 2.75) is 50.4 Å². The fourth-order valence-corrected chi connectivity index (χ4v) is 9.52. The summed E-state index contributed by atoms with van der Waals surface area (Å²) in [6, 6.07) is 57.7. The summed E-state index contributed by atoms with van der Waals surface area (Å²) in [5.41, 5.74) is 18.8. The molecule has 9 rings (SSSR count). The van der Waals surface area contributed by atoms with Gasteiger partial charge < -0.3 is 0 Å². The number of carbonyl (C=O) groups excluding carboxylic acids is 2. The van der Waals surface area contributed by atoms with Crippen molar-refractivity contribution < 1.29 is 9.59 Å². The molecule has 2 aliphatic carbocycles. The van der Waals surface area contributed by atoms with Crippen molar-refractivity contribution in [1.82, 2.24) is 0 Å². The number of hydrogen-bond donors (Lipinski definition) is 0. The van der Waals surface area contributed by atoms with Gasteiger partial charge in [-0.25, -0.2) is 0 Å². The Morgan fingerprint density at radius 1 is 0.426 bits per heavy atom. The molecule has 0 fully saturated rings. The van der Waals surface area contributed by atoms with Gasteiger partial charge in [0.2, 0.25) is 0 Å². The second kappa shape index (κ2) is 13.4. The van der Waals surface area contributed by atoms with Crippen molar-refractivity contribution in [3.8, 4) is 22.3 Å². The largest absolute Gasteiger partial charge is 0.298 e. The molecule has 0 unspecified atom stereocenters. The second-order valence-corrected chi connectivity index (χ2v) is 15.3. The van der Waals surface area contributed by atoms with E-state index in [1.54, 1.807) is 0 Å². The van der Waals surface area contributed by atoms with Crippen molar-refractivity contribution in [2.75, 3.05) is 0 Å². The van der Waals surface area contributed by atoms with E-state index in [4.69, 9.17) is 0 Å². The highest BCUT2D eigenvalue weighted by molar-refractivity contribution is 5.92. The molecule has 0 bridgehead atoms. The number of aldehydes is 2. The fourth-order valence-electron chi connectivity index (χ4n) is 9.52. The van der Waals surface area contributed by atoms with Gasteiger partial charge in [-0.1, -0.05) is 157 Å². The van der Waals surface area contributed by atoms with Gasteiger partial charge in [0.15, 0.2) is 0 Å². The van der Waals surface area contributed by atoms with Crippen LogP contribution in [0.25, 0.3) is 22.3 Å². The Hall–Kier alpha value is -6.12. The molecule has 2 nitrogen and oxygen atoms in total. The van der Waals surface area contributed by atoms with Gasteiger partial charge in [0.1, 0.15) is 12.6 Å². The third-order valence-corrected chi connectivity index (χ3v) is 12.3. The standard InChI is InChI=1S/C52H42O2/c1-35-11-23-41(24-12-35)52(42-25-13-36(2)14-26-42)48-10-6-4-8-44(48)46-31-49-45(32-50(46)52)43-7-3-5-9-47(43)51(49,29-27-37-15-19-39(33-53)20-16-37)30-28-38-17-21-40(34-54)22-18-38/h3-26,31-34H,27-30H2,1-2H3. The lowest BCUT2D eigenvalue weighted by atomic mass is 9.66. The predicted molar refractivity (Wildman–Crippen MR) is 220 cm³/mol. The molecule has 54 heavy (non-hydrogen) atoms. The summed E-state index contributed by atoms with van der Waals surface area (Å²) in [5, 5.41) is 0. The van der Waals surface area contributed by atoms with Crippen LogP contribution in [0.4, 0.5) is 0 Å². The van der Waals surface area contributed by atoms with Gasteiger partial charge in [0, 0.05) is 16.5 Å². The molecule has 2 aliphatic rings. The molecule has 0 radical (unpaired) electrons. The van der Waals surface area contributed by atoms with Gasteiger partial charge >= 0.3 is 0 Å². The molecule has 0 heterocycles. The zero-order valence-electron chi connectivity index (χ0n) is 30.8. The summed E-state index contributed by atoms with van der Waals surface area (Å²) in [5.74, 6) is 0. The number of hydrogen-bond acceptors (Lipinski definition) is 2. The normalized spacial score (nSPS) is 14.1. The number of fused-ring (bicyclic) bond motifs is 6. The predicted octanol–water partition coefficient (Wildman–Crippen LogP) is 11.8. The van der Waals surface area contributed by atoms with Crippen LogP contribution in [0, 0.1) is 13.8 Å². The Morgan fingerprint density at radius 2 is 0.852 bits per heavy atom. The quantitative estimate of drug-likeness (QED) is 0.133. The van der Waals surface area contributed by atoms with Crippen LogP contribution in [-0.4, -0.2) is 12.6 Å². The van der Waals surface area contributed by atoms with E-state index >= 15 is 0 Å². The van der Waals surface area contributed by atoms with Crippen LogP contribution in [0.5, 0.6) is 0 Å². The zero-order valence-corrected chi connectivity index (χ0v) is 30.8. The second-order valence-electron chi connectivity index (χ2n) is 15.3. The SMILES string of the molecule is Cc1ccc(C2(c3ccc(C)cc3)c3ccccc3-c3cc4c(cc32)-c2ccccc2C4(CCc2ccc(C=O)cc2)CCc2ccc(C=O)cc2)cc1. The molecule has 7 aromatic rings. The minimum Gasteiger partial charge on any atom is -0.298 e. The lowest BCUT2D eigenvalue weighted by Crippen LogP contribution is -2.29. The molecule has 0 atom stereocenters. The minimum absolute atomic E-state index is 0.262. The maximum atomic E-state index is 11.5. The third kappa shape index (κ3) is 5.31. The molecule has 7 aromatic carbocycles. The molecule has 0 N–H and O–H groups in total. The van der Waals surface area contributed by atoms with Crippen molar-refractivity contribution in [1.29, 1.82) is 0 Å². The Bertz CT molecular complexity index is 2420. The number of carbonyl (C=O) groups is 2. The van der Waals surface area contributed by atoms with Crippen molar-refractivity contribution in [3.05, 3.63) is 224 Å². The van der Waals surface area contributed by atoms with Crippen LogP contribution in [0.1, 0.15) is 89.2 Å². The zero-order chi connectivity index (χ0) is 36.9. The smallest absolute Gasteiger partial charge is 0.150 e. The lowest BCUT2D eigenvalue weighted by molar-refractivity contribution is 0.111. The summed E-state index contributed by atoms with van der Waals surface area (Å²) in [6.07, 6.45) is 5.42. The van der Waals surface area contributed by atoms with Crippen LogP contribution >= 0.6 is 0 Å². The van der Waals surface area contributed by atoms with Gasteiger partial charge in [-0.15, -0.1) is 0 Å². The first-order valence-electron chi connectivity index (χ1n) is 19.1. The van der Waals surface area contributed by atoms with Crippen molar-refractivity contribution in [2.24, 2.45) is 0 Å². The summed E-state index contributed by atoms with van der Waals surface area (Å²) in [4.78, 5) is 23.0. The summed E-state index contributed by atoms with van der Waals surface area (Å²) in [6.45, 7) is 4.32. The van der Waals surface area contributed by atoms with E-state index in [1.165, 1.54) is 77.9 Å². The van der Waals surface area contributed by atoms with Crippen LogP contribution in [0.2, 0.25) is 0 Å². The highest BCUT2D eigenvalue weighted by Gasteiger charge is 2.49.